The van der Waals surface area contributed by atoms with E-state index in [1.165, 1.54) is 5.71 Å². The second-order valence-electron chi connectivity index (χ2n) is 6.46. The number of fused-ring (bicyclic) bond motifs is 1. The van der Waals surface area contributed by atoms with E-state index in [-0.39, 0.29) is 11.8 Å². The number of nitrogens with zero attached hydrogens (tertiary/aromatic N) is 1. The number of rotatable bonds is 8. The number of unbranched alkanes of at least 4 members (excludes halogenated alkanes) is 2. The molecular weight excluding hydrogens is 294 g/mol. The summed E-state index contributed by atoms with van der Waals surface area (Å²) in [6.45, 7) is 7.76. The van der Waals surface area contributed by atoms with Gasteiger partial charge in [0.15, 0.2) is 5.71 Å². The lowest BCUT2D eigenvalue weighted by Gasteiger charge is -2.15. The van der Waals surface area contributed by atoms with Gasteiger partial charge in [-0.2, -0.15) is 4.58 Å². The fraction of sp³-hybridized carbons (Fsp3) is 0.500. The summed E-state index contributed by atoms with van der Waals surface area (Å²) in [5, 5.41) is 8.68. The monoisotopic (exact) mass is 318 g/mol. The molecule has 0 unspecified atom stereocenters. The van der Waals surface area contributed by atoms with Crippen LogP contribution in [-0.2, 0) is 15.0 Å². The van der Waals surface area contributed by atoms with Crippen LogP contribution in [0.3, 0.4) is 0 Å². The van der Waals surface area contributed by atoms with Gasteiger partial charge in [-0.1, -0.05) is 0 Å². The lowest BCUT2D eigenvalue weighted by Crippen LogP contribution is -2.26. The summed E-state index contributed by atoms with van der Waals surface area (Å²) in [5.74, 6) is -0.175. The Bertz CT molecular complexity index is 646. The highest BCUT2D eigenvalue weighted by atomic mass is 16.5. The highest BCUT2D eigenvalue weighted by molar-refractivity contribution is 5.93. The normalized spacial score (nSPS) is 15.4. The van der Waals surface area contributed by atoms with Crippen molar-refractivity contribution in [1.29, 1.82) is 0 Å². The summed E-state index contributed by atoms with van der Waals surface area (Å²) in [7, 11) is 0. The lowest BCUT2D eigenvalue weighted by molar-refractivity contribution is -0.439. The van der Waals surface area contributed by atoms with Crippen molar-refractivity contribution in [2.75, 3.05) is 6.54 Å². The zero-order valence-electron chi connectivity index (χ0n) is 14.0. The first-order valence-electron chi connectivity index (χ1n) is 7.96. The molecule has 1 aromatic rings. The van der Waals surface area contributed by atoms with Crippen LogP contribution in [0.15, 0.2) is 18.2 Å². The van der Waals surface area contributed by atoms with Gasteiger partial charge in [-0.15, -0.1) is 0 Å². The van der Waals surface area contributed by atoms with Crippen molar-refractivity contribution in [3.63, 3.8) is 0 Å². The van der Waals surface area contributed by atoms with Crippen molar-refractivity contribution in [2.45, 2.75) is 51.9 Å². The molecule has 1 N–H and O–H groups in total. The van der Waals surface area contributed by atoms with Gasteiger partial charge in [0, 0.05) is 31.4 Å². The van der Waals surface area contributed by atoms with Gasteiger partial charge in [-0.05, 0) is 38.8 Å². The number of benzene rings is 1. The van der Waals surface area contributed by atoms with Gasteiger partial charge >= 0.3 is 5.97 Å². The van der Waals surface area contributed by atoms with Gasteiger partial charge in [0.25, 0.3) is 6.47 Å². The quantitative estimate of drug-likeness (QED) is 0.454. The van der Waals surface area contributed by atoms with Crippen molar-refractivity contribution >= 4 is 23.8 Å². The second-order valence-corrected chi connectivity index (χ2v) is 6.46. The van der Waals surface area contributed by atoms with Gasteiger partial charge in [0.1, 0.15) is 12.3 Å². The van der Waals surface area contributed by atoms with Crippen LogP contribution < -0.4 is 4.74 Å². The van der Waals surface area contributed by atoms with Gasteiger partial charge in [-0.25, -0.2) is 0 Å². The lowest BCUT2D eigenvalue weighted by atomic mass is 9.82. The first kappa shape index (κ1) is 17.2. The minimum atomic E-state index is -0.733. The van der Waals surface area contributed by atoms with Gasteiger partial charge < -0.3 is 9.84 Å². The number of carboxylic acids is 1. The molecule has 0 atom stereocenters. The summed E-state index contributed by atoms with van der Waals surface area (Å²) in [5.41, 5.74) is 3.44. The van der Waals surface area contributed by atoms with E-state index in [0.717, 1.165) is 30.6 Å². The molecule has 0 amide bonds. The van der Waals surface area contributed by atoms with E-state index in [2.05, 4.69) is 25.3 Å². The molecule has 5 nitrogen and oxygen atoms in total. The van der Waals surface area contributed by atoms with Gasteiger partial charge in [-0.3, -0.25) is 9.59 Å². The van der Waals surface area contributed by atoms with Crippen LogP contribution in [0.5, 0.6) is 5.75 Å². The van der Waals surface area contributed by atoms with Crippen molar-refractivity contribution in [3.05, 3.63) is 23.8 Å². The minimum absolute atomic E-state index is 0.112. The molecule has 0 bridgehead atoms. The third-order valence-electron chi connectivity index (χ3n) is 4.70. The molecule has 23 heavy (non-hydrogen) atoms. The van der Waals surface area contributed by atoms with Crippen LogP contribution in [0.1, 0.15) is 52.0 Å². The molecule has 1 heterocycles. The number of carboxylic acid groups (broad SMARTS) is 1. The maximum absolute atomic E-state index is 10.6. The number of ether oxygens (including phenoxy) is 1. The molecule has 2 rings (SSSR count). The van der Waals surface area contributed by atoms with Gasteiger partial charge in [0.2, 0.25) is 5.69 Å². The third kappa shape index (κ3) is 3.60. The van der Waals surface area contributed by atoms with Crippen molar-refractivity contribution in [2.24, 2.45) is 0 Å². The predicted molar refractivity (Wildman–Crippen MR) is 87.7 cm³/mol. The number of aliphatic carboxylic acids is 1. The molecule has 5 heteroatoms. The summed E-state index contributed by atoms with van der Waals surface area (Å²) < 4.78 is 7.26. The standard InChI is InChI=1S/C18H23NO4/c1-13-18(2,3)15-11-14(23-12-20)8-9-16(15)19(13)10-6-4-5-7-17(21)22/h8-9,11-12H,4-7,10H2,1-3H3/p+1. The first-order valence-corrected chi connectivity index (χ1v) is 7.96. The highest BCUT2D eigenvalue weighted by Crippen LogP contribution is 2.41. The SMILES string of the molecule is CC1=[N+](CCCCCC(=O)O)c2ccc(OC=O)cc2C1(C)C. The molecule has 0 saturated carbocycles. The van der Waals surface area contributed by atoms with E-state index in [9.17, 15) is 9.59 Å². The number of hydrogen-bond donors (Lipinski definition) is 1. The number of carbonyl (C=O) groups is 2. The molecular formula is C18H24NO4+. The van der Waals surface area contributed by atoms with E-state index in [4.69, 9.17) is 9.84 Å². The largest absolute Gasteiger partial charge is 0.481 e. The number of hydrogen-bond acceptors (Lipinski definition) is 3. The Labute approximate surface area is 136 Å². The maximum Gasteiger partial charge on any atom is 0.303 e. The summed E-state index contributed by atoms with van der Waals surface area (Å²) in [6.07, 6.45) is 2.80. The average Bonchev–Trinajstić information content (AvgIpc) is 2.68. The summed E-state index contributed by atoms with van der Waals surface area (Å²) in [6, 6.07) is 5.72. The topological polar surface area (TPSA) is 66.6 Å². The molecule has 0 saturated heterocycles. The fourth-order valence-corrected chi connectivity index (χ4v) is 3.10. The van der Waals surface area contributed by atoms with Crippen molar-refractivity contribution in [3.8, 4) is 5.75 Å². The Morgan fingerprint density at radius 2 is 2.04 bits per heavy atom. The van der Waals surface area contributed by atoms with Gasteiger partial charge in [0.05, 0.1) is 5.41 Å². The Balaban J connectivity index is 2.13. The second kappa shape index (κ2) is 6.94. The van der Waals surface area contributed by atoms with Crippen LogP contribution in [0.25, 0.3) is 0 Å². The zero-order chi connectivity index (χ0) is 17.0. The molecule has 0 aliphatic carbocycles. The van der Waals surface area contributed by atoms with E-state index >= 15 is 0 Å². The molecule has 124 valence electrons. The highest BCUT2D eigenvalue weighted by Gasteiger charge is 2.42. The molecule has 0 fully saturated rings. The molecule has 1 aliphatic rings. The van der Waals surface area contributed by atoms with Crippen LogP contribution in [-0.4, -0.2) is 34.4 Å². The van der Waals surface area contributed by atoms with E-state index in [1.807, 2.05) is 12.1 Å². The average molecular weight is 318 g/mol. The van der Waals surface area contributed by atoms with Crippen LogP contribution in [0.4, 0.5) is 5.69 Å². The van der Waals surface area contributed by atoms with Crippen LogP contribution in [0.2, 0.25) is 0 Å². The maximum atomic E-state index is 10.6. The van der Waals surface area contributed by atoms with Crippen molar-refractivity contribution in [1.82, 2.24) is 0 Å². The first-order chi connectivity index (χ1) is 10.9. The Morgan fingerprint density at radius 3 is 2.70 bits per heavy atom. The van der Waals surface area contributed by atoms with E-state index in [0.29, 0.717) is 18.6 Å². The summed E-state index contributed by atoms with van der Waals surface area (Å²) >= 11 is 0. The van der Waals surface area contributed by atoms with Crippen LogP contribution in [0, 0.1) is 0 Å². The Hall–Kier alpha value is -2.17. The smallest absolute Gasteiger partial charge is 0.303 e. The predicted octanol–water partition coefficient (Wildman–Crippen LogP) is 3.26. The fourth-order valence-electron chi connectivity index (χ4n) is 3.10. The van der Waals surface area contributed by atoms with E-state index in [1.54, 1.807) is 6.07 Å². The Kier molecular flexibility index (Phi) is 5.19. The minimum Gasteiger partial charge on any atom is -0.481 e. The molecule has 0 spiro atoms. The summed E-state index contributed by atoms with van der Waals surface area (Å²) in [4.78, 5) is 21.1. The van der Waals surface area contributed by atoms with Crippen molar-refractivity contribution < 1.29 is 24.0 Å². The Morgan fingerprint density at radius 1 is 1.30 bits per heavy atom. The van der Waals surface area contributed by atoms with Crippen LogP contribution >= 0.6 is 0 Å². The zero-order valence-corrected chi connectivity index (χ0v) is 14.0. The third-order valence-corrected chi connectivity index (χ3v) is 4.70. The molecule has 1 aliphatic heterocycles. The molecule has 0 aromatic heterocycles. The number of carbonyl (C=O) groups excluding carboxylic acids is 1. The molecule has 1 aromatic carbocycles. The molecule has 0 radical (unpaired) electrons. The van der Waals surface area contributed by atoms with E-state index < -0.39 is 5.97 Å².